The number of hydrogen-bond donors (Lipinski definition) is 0. The van der Waals surface area contributed by atoms with Gasteiger partial charge >= 0.3 is 5.97 Å². The maximum atomic E-state index is 11.0. The Morgan fingerprint density at radius 2 is 1.77 bits per heavy atom. The third kappa shape index (κ3) is 4.38. The van der Waals surface area contributed by atoms with E-state index in [2.05, 4.69) is 0 Å². The molecule has 0 fully saturated rings. The molecule has 2 rings (SSSR count). The van der Waals surface area contributed by atoms with Crippen LogP contribution in [0.5, 0.6) is 11.5 Å². The molecule has 0 radical (unpaired) electrons. The van der Waals surface area contributed by atoms with E-state index in [4.69, 9.17) is 83.8 Å². The van der Waals surface area contributed by atoms with Crippen LogP contribution in [0.15, 0.2) is 18.2 Å². The van der Waals surface area contributed by atoms with Crippen molar-refractivity contribution in [2.24, 2.45) is 0 Å². The first-order chi connectivity index (χ1) is 9.98. The molecule has 0 aliphatic carbocycles. The van der Waals surface area contributed by atoms with Crippen molar-refractivity contribution in [3.05, 3.63) is 23.8 Å². The van der Waals surface area contributed by atoms with Crippen LogP contribution in [0.25, 0.3) is 0 Å². The third-order valence-corrected chi connectivity index (χ3v) is 3.71. The minimum Gasteiger partial charge on any atom is -0.460 e. The molecule has 2 unspecified atom stereocenters. The molecule has 1 heterocycles. The van der Waals surface area contributed by atoms with Crippen LogP contribution in [-0.4, -0.2) is 19.8 Å². The number of hydrogen-bond acceptors (Lipinski definition) is 4. The van der Waals surface area contributed by atoms with Crippen LogP contribution >= 0.6 is 69.6 Å². The Labute approximate surface area is 156 Å². The minimum absolute atomic E-state index is 0.241. The van der Waals surface area contributed by atoms with Crippen molar-refractivity contribution in [1.29, 1.82) is 0 Å². The van der Waals surface area contributed by atoms with E-state index in [1.165, 1.54) is 25.1 Å². The molecule has 1 aromatic rings. The molecular weight excluding hydrogens is 421 g/mol. The van der Waals surface area contributed by atoms with Gasteiger partial charge in [0.1, 0.15) is 17.6 Å². The second-order valence-corrected chi connectivity index (χ2v) is 9.08. The number of carbonyl (C=O) groups excluding carboxylic acids is 1. The number of halogens is 6. The van der Waals surface area contributed by atoms with Gasteiger partial charge in [0.25, 0.3) is 3.79 Å². The van der Waals surface area contributed by atoms with Crippen molar-refractivity contribution < 1.29 is 19.0 Å². The van der Waals surface area contributed by atoms with Gasteiger partial charge in [-0.2, -0.15) is 0 Å². The van der Waals surface area contributed by atoms with Crippen LogP contribution in [0.3, 0.4) is 0 Å². The van der Waals surface area contributed by atoms with Crippen molar-refractivity contribution in [2.75, 3.05) is 0 Å². The summed E-state index contributed by atoms with van der Waals surface area (Å²) in [5.41, 5.74) is 0.351. The molecule has 4 nitrogen and oxygen atoms in total. The van der Waals surface area contributed by atoms with Gasteiger partial charge in [-0.1, -0.05) is 69.6 Å². The zero-order chi connectivity index (χ0) is 16.7. The van der Waals surface area contributed by atoms with E-state index in [-0.39, 0.29) is 11.5 Å². The first-order valence-electron chi connectivity index (χ1n) is 5.76. The number of ether oxygens (including phenoxy) is 3. The summed E-state index contributed by atoms with van der Waals surface area (Å²) in [5.74, 6) is 0.0297. The number of fused-ring (bicyclic) bond motifs is 1. The number of carbonyl (C=O) groups is 1. The molecule has 0 spiro atoms. The zero-order valence-corrected chi connectivity index (χ0v) is 15.3. The first-order valence-corrected chi connectivity index (χ1v) is 8.03. The van der Waals surface area contributed by atoms with Gasteiger partial charge in [-0.05, 0) is 18.2 Å². The van der Waals surface area contributed by atoms with Gasteiger partial charge in [-0.15, -0.1) is 0 Å². The lowest BCUT2D eigenvalue weighted by atomic mass is 10.1. The summed E-state index contributed by atoms with van der Waals surface area (Å²) in [6, 6.07) is 4.46. The van der Waals surface area contributed by atoms with E-state index >= 15 is 0 Å². The Balaban J connectivity index is 2.45. The average molecular weight is 429 g/mol. The predicted molar refractivity (Wildman–Crippen MR) is 86.6 cm³/mol. The largest absolute Gasteiger partial charge is 0.460 e. The van der Waals surface area contributed by atoms with Crippen LogP contribution in [-0.2, 0) is 9.53 Å². The smallest absolute Gasteiger partial charge is 0.308 e. The highest BCUT2D eigenvalue weighted by Gasteiger charge is 2.48. The van der Waals surface area contributed by atoms with Crippen LogP contribution < -0.4 is 9.47 Å². The van der Waals surface area contributed by atoms with Gasteiger partial charge in [-0.25, -0.2) is 0 Å². The molecule has 0 N–H and O–H groups in total. The van der Waals surface area contributed by atoms with Crippen LogP contribution in [0.2, 0.25) is 0 Å². The molecular formula is C12H8Cl6O4. The lowest BCUT2D eigenvalue weighted by molar-refractivity contribution is -0.137. The lowest BCUT2D eigenvalue weighted by Crippen LogP contribution is -2.42. The zero-order valence-electron chi connectivity index (χ0n) is 10.8. The molecule has 10 heteroatoms. The Hall–Kier alpha value is 0.190. The van der Waals surface area contributed by atoms with Crippen LogP contribution in [0.1, 0.15) is 18.6 Å². The molecule has 2 atom stereocenters. The van der Waals surface area contributed by atoms with Gasteiger partial charge in [0.15, 0.2) is 0 Å². The Kier molecular flexibility index (Phi) is 5.55. The summed E-state index contributed by atoms with van der Waals surface area (Å²) in [7, 11) is 0. The Morgan fingerprint density at radius 1 is 1.14 bits per heavy atom. The second-order valence-electron chi connectivity index (χ2n) is 4.34. The molecule has 1 aromatic carbocycles. The van der Waals surface area contributed by atoms with Gasteiger partial charge in [0, 0.05) is 12.5 Å². The van der Waals surface area contributed by atoms with E-state index in [0.29, 0.717) is 5.56 Å². The van der Waals surface area contributed by atoms with Crippen molar-refractivity contribution >= 4 is 75.6 Å². The summed E-state index contributed by atoms with van der Waals surface area (Å²) < 4.78 is 12.1. The van der Waals surface area contributed by atoms with Crippen molar-refractivity contribution in [3.63, 3.8) is 0 Å². The van der Waals surface area contributed by atoms with E-state index in [1.807, 2.05) is 0 Å². The standard InChI is InChI=1S/C12H8Cl6O4/c1-5(19)20-6-2-3-8-7(4-6)9(11(13,14)15)22-10(21-8)12(16,17)18/h2-4,9-10H,1H3. The summed E-state index contributed by atoms with van der Waals surface area (Å²) >= 11 is 35.1. The summed E-state index contributed by atoms with van der Waals surface area (Å²) in [6.45, 7) is 1.26. The Bertz CT molecular complexity index is 580. The van der Waals surface area contributed by atoms with E-state index in [1.54, 1.807) is 0 Å². The van der Waals surface area contributed by atoms with Gasteiger partial charge < -0.3 is 14.2 Å². The van der Waals surface area contributed by atoms with Crippen molar-refractivity contribution in [3.8, 4) is 11.5 Å². The number of rotatable bonds is 1. The Morgan fingerprint density at radius 3 is 2.27 bits per heavy atom. The SMILES string of the molecule is CC(=O)Oc1ccc2c(c1)C(C(Cl)(Cl)Cl)OC(C(Cl)(Cl)Cl)O2. The monoisotopic (exact) mass is 426 g/mol. The normalized spacial score (nSPS) is 21.8. The van der Waals surface area contributed by atoms with Crippen LogP contribution in [0.4, 0.5) is 0 Å². The topological polar surface area (TPSA) is 44.8 Å². The van der Waals surface area contributed by atoms with Crippen molar-refractivity contribution in [2.45, 2.75) is 26.9 Å². The van der Waals surface area contributed by atoms with Crippen LogP contribution in [0, 0.1) is 0 Å². The van der Waals surface area contributed by atoms with Gasteiger partial charge in [0.2, 0.25) is 10.1 Å². The number of alkyl halides is 6. The summed E-state index contributed by atoms with van der Waals surface area (Å²) in [4.78, 5) is 11.0. The second kappa shape index (κ2) is 6.60. The highest BCUT2D eigenvalue weighted by Crippen LogP contribution is 2.51. The molecule has 0 bridgehead atoms. The fourth-order valence-electron chi connectivity index (χ4n) is 1.81. The maximum Gasteiger partial charge on any atom is 0.308 e. The maximum absolute atomic E-state index is 11.0. The fourth-order valence-corrected chi connectivity index (χ4v) is 2.60. The highest BCUT2D eigenvalue weighted by molar-refractivity contribution is 6.68. The molecule has 122 valence electrons. The fraction of sp³-hybridized carbons (Fsp3) is 0.417. The molecule has 0 amide bonds. The first kappa shape index (κ1) is 18.5. The summed E-state index contributed by atoms with van der Waals surface area (Å²) in [6.07, 6.45) is -2.36. The lowest BCUT2D eigenvalue weighted by Gasteiger charge is -2.38. The predicted octanol–water partition coefficient (Wildman–Crippen LogP) is 5.13. The molecule has 1 aliphatic rings. The van der Waals surface area contributed by atoms with Gasteiger partial charge in [0.05, 0.1) is 0 Å². The molecule has 1 aliphatic heterocycles. The quantitative estimate of drug-likeness (QED) is 0.353. The molecule has 0 saturated heterocycles. The molecule has 22 heavy (non-hydrogen) atoms. The van der Waals surface area contributed by atoms with Gasteiger partial charge in [-0.3, -0.25) is 4.79 Å². The van der Waals surface area contributed by atoms with E-state index in [0.717, 1.165) is 0 Å². The average Bonchev–Trinajstić information content (AvgIpc) is 2.34. The minimum atomic E-state index is -1.89. The molecule has 0 saturated carbocycles. The molecule has 0 aromatic heterocycles. The summed E-state index contributed by atoms with van der Waals surface area (Å²) in [5, 5.41) is 0. The van der Waals surface area contributed by atoms with E-state index < -0.39 is 25.9 Å². The number of benzene rings is 1. The number of esters is 1. The van der Waals surface area contributed by atoms with E-state index in [9.17, 15) is 4.79 Å². The third-order valence-electron chi connectivity index (χ3n) is 2.58. The van der Waals surface area contributed by atoms with Crippen molar-refractivity contribution in [1.82, 2.24) is 0 Å². The highest BCUT2D eigenvalue weighted by atomic mass is 35.6.